The fourth-order valence-corrected chi connectivity index (χ4v) is 2.30. The van der Waals surface area contributed by atoms with Crippen molar-refractivity contribution in [2.24, 2.45) is 0 Å². The lowest BCUT2D eigenvalue weighted by Gasteiger charge is -2.11. The Bertz CT molecular complexity index is 798. The van der Waals surface area contributed by atoms with Gasteiger partial charge in [-0.1, -0.05) is 38.1 Å². The highest BCUT2D eigenvalue weighted by Gasteiger charge is 2.18. The Morgan fingerprint density at radius 2 is 1.54 bits per heavy atom. The van der Waals surface area contributed by atoms with Crippen LogP contribution in [-0.4, -0.2) is 24.4 Å². The first kappa shape index (κ1) is 19.2. The van der Waals surface area contributed by atoms with Gasteiger partial charge < -0.3 is 15.4 Å². The third kappa shape index (κ3) is 4.92. The number of nitrogens with one attached hydrogen (secondary N) is 2. The molecule has 2 aromatic rings. The molecule has 0 aliphatic heterocycles. The van der Waals surface area contributed by atoms with E-state index in [-0.39, 0.29) is 17.9 Å². The third-order valence-corrected chi connectivity index (χ3v) is 3.71. The summed E-state index contributed by atoms with van der Waals surface area (Å²) in [6.45, 7) is 6.05. The summed E-state index contributed by atoms with van der Waals surface area (Å²) in [6.07, 6.45) is 0. The smallest absolute Gasteiger partial charge is 0.340 e. The molecule has 0 heterocycles. The van der Waals surface area contributed by atoms with Gasteiger partial charge in [-0.2, -0.15) is 0 Å². The maximum atomic E-state index is 12.1. The molecule has 26 heavy (non-hydrogen) atoms. The van der Waals surface area contributed by atoms with Crippen molar-refractivity contribution in [2.75, 3.05) is 17.2 Å². The maximum absolute atomic E-state index is 12.1. The van der Waals surface area contributed by atoms with Gasteiger partial charge in [-0.3, -0.25) is 9.59 Å². The normalized spacial score (nSPS) is 10.3. The van der Waals surface area contributed by atoms with Crippen molar-refractivity contribution < 1.29 is 19.1 Å². The molecular weight excluding hydrogens is 332 g/mol. The van der Waals surface area contributed by atoms with Crippen LogP contribution in [0.5, 0.6) is 0 Å². The van der Waals surface area contributed by atoms with E-state index in [0.717, 1.165) is 5.56 Å². The summed E-state index contributed by atoms with van der Waals surface area (Å²) in [7, 11) is 0. The highest BCUT2D eigenvalue weighted by atomic mass is 16.5. The minimum absolute atomic E-state index is 0.191. The SMILES string of the molecule is CCOC(=O)c1ccccc1NC(=O)C(=O)Nc1ccc(C(C)C)cc1. The summed E-state index contributed by atoms with van der Waals surface area (Å²) in [6, 6.07) is 13.6. The van der Waals surface area contributed by atoms with E-state index in [0.29, 0.717) is 11.6 Å². The van der Waals surface area contributed by atoms with Gasteiger partial charge in [-0.05, 0) is 42.7 Å². The van der Waals surface area contributed by atoms with E-state index < -0.39 is 17.8 Å². The van der Waals surface area contributed by atoms with Crippen LogP contribution in [0.15, 0.2) is 48.5 Å². The number of amides is 2. The van der Waals surface area contributed by atoms with Crippen LogP contribution in [0.25, 0.3) is 0 Å². The van der Waals surface area contributed by atoms with E-state index in [1.54, 1.807) is 31.2 Å². The molecule has 0 aromatic heterocycles. The molecule has 0 aliphatic carbocycles. The van der Waals surface area contributed by atoms with E-state index in [9.17, 15) is 14.4 Å². The average Bonchev–Trinajstić information content (AvgIpc) is 2.62. The minimum atomic E-state index is -0.866. The Morgan fingerprint density at radius 1 is 0.923 bits per heavy atom. The zero-order chi connectivity index (χ0) is 19.1. The van der Waals surface area contributed by atoms with Crippen LogP contribution in [0.3, 0.4) is 0 Å². The quantitative estimate of drug-likeness (QED) is 0.635. The number of hydrogen-bond acceptors (Lipinski definition) is 4. The van der Waals surface area contributed by atoms with Gasteiger partial charge >= 0.3 is 17.8 Å². The van der Waals surface area contributed by atoms with Crippen molar-refractivity contribution in [3.63, 3.8) is 0 Å². The third-order valence-electron chi connectivity index (χ3n) is 3.71. The number of carbonyl (C=O) groups is 3. The van der Waals surface area contributed by atoms with E-state index >= 15 is 0 Å². The van der Waals surface area contributed by atoms with Crippen LogP contribution in [0.2, 0.25) is 0 Å². The zero-order valence-electron chi connectivity index (χ0n) is 15.0. The van der Waals surface area contributed by atoms with Crippen LogP contribution >= 0.6 is 0 Å². The molecule has 0 saturated heterocycles. The van der Waals surface area contributed by atoms with Crippen LogP contribution < -0.4 is 10.6 Å². The summed E-state index contributed by atoms with van der Waals surface area (Å²) in [5.41, 5.74) is 2.07. The van der Waals surface area contributed by atoms with E-state index in [2.05, 4.69) is 24.5 Å². The standard InChI is InChI=1S/C20H22N2O4/c1-4-26-20(25)16-7-5-6-8-17(16)22-19(24)18(23)21-15-11-9-14(10-12-15)13(2)3/h5-13H,4H2,1-3H3,(H,21,23)(H,22,24). The predicted octanol–water partition coefficient (Wildman–Crippen LogP) is 3.56. The van der Waals surface area contributed by atoms with Crippen LogP contribution in [0.4, 0.5) is 11.4 Å². The molecule has 0 aliphatic rings. The Hall–Kier alpha value is -3.15. The summed E-state index contributed by atoms with van der Waals surface area (Å²) >= 11 is 0. The zero-order valence-corrected chi connectivity index (χ0v) is 15.0. The number of para-hydroxylation sites is 1. The second-order valence-electron chi connectivity index (χ2n) is 5.95. The van der Waals surface area contributed by atoms with E-state index in [4.69, 9.17) is 4.74 Å². The Morgan fingerprint density at radius 3 is 2.15 bits per heavy atom. The fourth-order valence-electron chi connectivity index (χ4n) is 2.30. The van der Waals surface area contributed by atoms with Crippen molar-refractivity contribution in [3.05, 3.63) is 59.7 Å². The molecule has 0 saturated carbocycles. The lowest BCUT2D eigenvalue weighted by molar-refractivity contribution is -0.133. The molecule has 136 valence electrons. The molecule has 0 spiro atoms. The Balaban J connectivity index is 2.05. The average molecular weight is 354 g/mol. The molecule has 2 N–H and O–H groups in total. The first-order chi connectivity index (χ1) is 12.4. The number of carbonyl (C=O) groups excluding carboxylic acids is 3. The van der Waals surface area contributed by atoms with Gasteiger partial charge in [0.15, 0.2) is 0 Å². The van der Waals surface area contributed by atoms with Gasteiger partial charge in [0, 0.05) is 5.69 Å². The Labute approximate surface area is 152 Å². The van der Waals surface area contributed by atoms with Crippen molar-refractivity contribution in [2.45, 2.75) is 26.7 Å². The molecule has 6 heteroatoms. The molecule has 0 fully saturated rings. The van der Waals surface area contributed by atoms with Gasteiger partial charge in [0.2, 0.25) is 0 Å². The van der Waals surface area contributed by atoms with Gasteiger partial charge in [-0.25, -0.2) is 4.79 Å². The Kier molecular flexibility index (Phi) is 6.49. The molecule has 2 rings (SSSR count). The highest BCUT2D eigenvalue weighted by Crippen LogP contribution is 2.18. The highest BCUT2D eigenvalue weighted by molar-refractivity contribution is 6.43. The van der Waals surface area contributed by atoms with Crippen LogP contribution in [0, 0.1) is 0 Å². The molecule has 2 amide bonds. The lowest BCUT2D eigenvalue weighted by Crippen LogP contribution is -2.29. The summed E-state index contributed by atoms with van der Waals surface area (Å²) in [5.74, 6) is -1.87. The number of benzene rings is 2. The first-order valence-electron chi connectivity index (χ1n) is 8.40. The van der Waals surface area contributed by atoms with Gasteiger partial charge in [0.05, 0.1) is 17.9 Å². The number of anilines is 2. The van der Waals surface area contributed by atoms with Gasteiger partial charge in [0.25, 0.3) is 0 Å². The topological polar surface area (TPSA) is 84.5 Å². The monoisotopic (exact) mass is 354 g/mol. The number of rotatable bonds is 5. The molecule has 0 atom stereocenters. The maximum Gasteiger partial charge on any atom is 0.340 e. The van der Waals surface area contributed by atoms with Crippen LogP contribution in [-0.2, 0) is 14.3 Å². The molecular formula is C20H22N2O4. The van der Waals surface area contributed by atoms with E-state index in [1.165, 1.54) is 12.1 Å². The number of hydrogen-bond donors (Lipinski definition) is 2. The second kappa shape index (κ2) is 8.80. The summed E-state index contributed by atoms with van der Waals surface area (Å²) in [4.78, 5) is 36.2. The predicted molar refractivity (Wildman–Crippen MR) is 100 cm³/mol. The summed E-state index contributed by atoms with van der Waals surface area (Å²) < 4.78 is 4.95. The number of ether oxygens (including phenoxy) is 1. The van der Waals surface area contributed by atoms with Crippen molar-refractivity contribution in [3.8, 4) is 0 Å². The van der Waals surface area contributed by atoms with Gasteiger partial charge in [0.1, 0.15) is 0 Å². The summed E-state index contributed by atoms with van der Waals surface area (Å²) in [5, 5.41) is 4.98. The molecule has 0 radical (unpaired) electrons. The van der Waals surface area contributed by atoms with Crippen LogP contribution in [0.1, 0.15) is 42.6 Å². The molecule has 0 unspecified atom stereocenters. The first-order valence-corrected chi connectivity index (χ1v) is 8.40. The van der Waals surface area contributed by atoms with Crippen molar-refractivity contribution in [1.82, 2.24) is 0 Å². The molecule has 2 aromatic carbocycles. The van der Waals surface area contributed by atoms with Gasteiger partial charge in [-0.15, -0.1) is 0 Å². The van der Waals surface area contributed by atoms with Crippen molar-refractivity contribution >= 4 is 29.2 Å². The van der Waals surface area contributed by atoms with Crippen molar-refractivity contribution in [1.29, 1.82) is 0 Å². The fraction of sp³-hybridized carbons (Fsp3) is 0.250. The largest absolute Gasteiger partial charge is 0.462 e. The molecule has 6 nitrogen and oxygen atoms in total. The number of esters is 1. The van der Waals surface area contributed by atoms with E-state index in [1.807, 2.05) is 12.1 Å². The lowest BCUT2D eigenvalue weighted by atomic mass is 10.0. The molecule has 0 bridgehead atoms. The minimum Gasteiger partial charge on any atom is -0.462 e. The second-order valence-corrected chi connectivity index (χ2v) is 5.95.